The van der Waals surface area contributed by atoms with Crippen LogP contribution in [0.2, 0.25) is 0 Å². The standard InChI is InChI=1S/C23H16ClFN4O3/c1-2-14-15(23(31)32)21(30)11-8-13(25)18-19(20(11)29(14)9-6-7-9)28-22-17(26-18)10-4-3-5-12(24)16(10)27-22/h3,5,8-9H,2,4,6-7H2,1H3,(H,31,32). The van der Waals surface area contributed by atoms with Crippen molar-refractivity contribution >= 4 is 45.1 Å². The van der Waals surface area contributed by atoms with Gasteiger partial charge in [0.05, 0.1) is 21.6 Å². The second-order valence-electron chi connectivity index (χ2n) is 8.15. The molecule has 3 aromatic rings. The van der Waals surface area contributed by atoms with Crippen molar-refractivity contribution in [2.75, 3.05) is 0 Å². The van der Waals surface area contributed by atoms with Gasteiger partial charge in [0.1, 0.15) is 21.9 Å². The third kappa shape index (κ3) is 2.50. The van der Waals surface area contributed by atoms with E-state index in [0.29, 0.717) is 45.6 Å². The van der Waals surface area contributed by atoms with Gasteiger partial charge >= 0.3 is 5.97 Å². The molecule has 3 heterocycles. The van der Waals surface area contributed by atoms with Crippen molar-refractivity contribution in [1.82, 2.24) is 14.5 Å². The minimum atomic E-state index is -1.31. The number of rotatable bonds is 3. The molecule has 9 heteroatoms. The maximum atomic E-state index is 15.2. The van der Waals surface area contributed by atoms with Gasteiger partial charge in [-0.2, -0.15) is 0 Å². The Balaban J connectivity index is 1.85. The van der Waals surface area contributed by atoms with E-state index >= 15 is 4.39 Å². The molecule has 0 spiro atoms. The van der Waals surface area contributed by atoms with Gasteiger partial charge in [-0.15, -0.1) is 0 Å². The first-order valence-corrected chi connectivity index (χ1v) is 10.8. The summed E-state index contributed by atoms with van der Waals surface area (Å²) in [5.74, 6) is -2.04. The molecule has 0 bridgehead atoms. The van der Waals surface area contributed by atoms with Gasteiger partial charge in [0.25, 0.3) is 0 Å². The van der Waals surface area contributed by atoms with Crippen LogP contribution in [0.25, 0.3) is 27.5 Å². The lowest BCUT2D eigenvalue weighted by molar-refractivity contribution is 0.0693. The molecule has 0 radical (unpaired) electrons. The van der Waals surface area contributed by atoms with Crippen molar-refractivity contribution in [2.45, 2.75) is 38.6 Å². The Kier molecular flexibility index (Phi) is 3.96. The Morgan fingerprint density at radius 2 is 2.09 bits per heavy atom. The number of hydrogen-bond acceptors (Lipinski definition) is 5. The van der Waals surface area contributed by atoms with Crippen molar-refractivity contribution in [3.05, 3.63) is 67.1 Å². The zero-order chi connectivity index (χ0) is 22.3. The molecule has 32 heavy (non-hydrogen) atoms. The van der Waals surface area contributed by atoms with E-state index in [-0.39, 0.29) is 28.0 Å². The van der Waals surface area contributed by atoms with Crippen LogP contribution >= 0.6 is 11.6 Å². The summed E-state index contributed by atoms with van der Waals surface area (Å²) in [7, 11) is 0. The van der Waals surface area contributed by atoms with Gasteiger partial charge in [0.2, 0.25) is 5.43 Å². The summed E-state index contributed by atoms with van der Waals surface area (Å²) in [6, 6.07) is 1.12. The van der Waals surface area contributed by atoms with E-state index in [4.69, 9.17) is 11.6 Å². The number of fused-ring (bicyclic) bond motifs is 5. The SMILES string of the molecule is CCc1c(C(=O)O)c(=O)c2cc(F)c3nc4c(nc3c2n1C1CC1)=NC1=C(Cl)C=CCC=41. The van der Waals surface area contributed by atoms with Crippen LogP contribution in [-0.4, -0.2) is 25.6 Å². The molecule has 2 aromatic heterocycles. The molecule has 0 amide bonds. The van der Waals surface area contributed by atoms with Crippen LogP contribution in [0.3, 0.4) is 0 Å². The number of halogens is 2. The molecule has 1 aliphatic heterocycles. The zero-order valence-corrected chi connectivity index (χ0v) is 17.7. The minimum Gasteiger partial charge on any atom is -0.477 e. The monoisotopic (exact) mass is 450 g/mol. The predicted octanol–water partition coefficient (Wildman–Crippen LogP) is 2.87. The largest absolute Gasteiger partial charge is 0.477 e. The highest BCUT2D eigenvalue weighted by atomic mass is 35.5. The molecule has 1 aromatic carbocycles. The van der Waals surface area contributed by atoms with Gasteiger partial charge in [-0.25, -0.2) is 24.1 Å². The number of pyridine rings is 1. The van der Waals surface area contributed by atoms with Crippen LogP contribution in [-0.2, 0) is 6.42 Å². The first kappa shape index (κ1) is 19.3. The normalized spacial score (nSPS) is 17.2. The third-order valence-electron chi connectivity index (χ3n) is 6.21. The number of carbonyl (C=O) groups is 1. The summed E-state index contributed by atoms with van der Waals surface area (Å²) in [5.41, 5.74) is 1.75. The lowest BCUT2D eigenvalue weighted by Gasteiger charge is -2.19. The summed E-state index contributed by atoms with van der Waals surface area (Å²) in [5, 5.41) is 10.7. The molecule has 7 nitrogen and oxygen atoms in total. The van der Waals surface area contributed by atoms with Gasteiger partial charge < -0.3 is 9.67 Å². The summed E-state index contributed by atoms with van der Waals surface area (Å²) in [6.07, 6.45) is 6.25. The second-order valence-corrected chi connectivity index (χ2v) is 8.56. The number of nitrogens with zero attached hydrogens (tertiary/aromatic N) is 4. The fraction of sp³-hybridized carbons (Fsp3) is 0.261. The molecule has 2 aliphatic carbocycles. The lowest BCUT2D eigenvalue weighted by Crippen LogP contribution is -2.31. The first-order valence-electron chi connectivity index (χ1n) is 10.4. The molecule has 0 atom stereocenters. The highest BCUT2D eigenvalue weighted by Gasteiger charge is 2.32. The van der Waals surface area contributed by atoms with E-state index in [9.17, 15) is 14.7 Å². The van der Waals surface area contributed by atoms with Crippen LogP contribution in [0.4, 0.5) is 4.39 Å². The van der Waals surface area contributed by atoms with E-state index in [1.165, 1.54) is 0 Å². The van der Waals surface area contributed by atoms with Crippen molar-refractivity contribution in [2.24, 2.45) is 4.99 Å². The topological polar surface area (TPSA) is 97.4 Å². The highest BCUT2D eigenvalue weighted by molar-refractivity contribution is 6.32. The molecule has 0 saturated heterocycles. The quantitative estimate of drug-likeness (QED) is 0.619. The molecule has 0 unspecified atom stereocenters. The Morgan fingerprint density at radius 1 is 1.31 bits per heavy atom. The number of aromatic carboxylic acids is 1. The maximum absolute atomic E-state index is 15.2. The Bertz CT molecular complexity index is 1670. The molecule has 160 valence electrons. The Morgan fingerprint density at radius 3 is 2.78 bits per heavy atom. The van der Waals surface area contributed by atoms with E-state index in [2.05, 4.69) is 15.0 Å². The van der Waals surface area contributed by atoms with Gasteiger partial charge in [-0.1, -0.05) is 24.6 Å². The van der Waals surface area contributed by atoms with E-state index in [0.717, 1.165) is 24.5 Å². The van der Waals surface area contributed by atoms with Crippen LogP contribution in [0.5, 0.6) is 0 Å². The molecule has 1 N–H and O–H groups in total. The number of benzene rings is 1. The fourth-order valence-corrected chi connectivity index (χ4v) is 4.95. The number of hydrogen-bond donors (Lipinski definition) is 1. The Labute approximate surface area is 184 Å². The smallest absolute Gasteiger partial charge is 0.341 e. The number of allylic oxidation sites excluding steroid dienone is 4. The molecule has 1 saturated carbocycles. The molecular formula is C23H16ClFN4O3. The van der Waals surface area contributed by atoms with E-state index < -0.39 is 17.2 Å². The van der Waals surface area contributed by atoms with Gasteiger partial charge in [0.15, 0.2) is 11.3 Å². The summed E-state index contributed by atoms with van der Waals surface area (Å²) < 4.78 is 17.1. The summed E-state index contributed by atoms with van der Waals surface area (Å²) in [6.45, 7) is 1.80. The van der Waals surface area contributed by atoms with Gasteiger partial charge in [-0.3, -0.25) is 4.79 Å². The Hall–Kier alpha value is -3.39. The summed E-state index contributed by atoms with van der Waals surface area (Å²) in [4.78, 5) is 38.8. The van der Waals surface area contributed by atoms with Crippen LogP contribution in [0.1, 0.15) is 48.3 Å². The summed E-state index contributed by atoms with van der Waals surface area (Å²) >= 11 is 6.30. The molecule has 6 rings (SSSR count). The van der Waals surface area contributed by atoms with Gasteiger partial charge in [-0.05, 0) is 37.8 Å². The molecule has 1 fully saturated rings. The lowest BCUT2D eigenvalue weighted by atomic mass is 10.0. The van der Waals surface area contributed by atoms with Crippen LogP contribution < -0.4 is 16.3 Å². The second kappa shape index (κ2) is 6.56. The van der Waals surface area contributed by atoms with Crippen molar-refractivity contribution in [3.8, 4) is 0 Å². The zero-order valence-electron chi connectivity index (χ0n) is 16.9. The molecule has 3 aliphatic rings. The average Bonchev–Trinajstić information content (AvgIpc) is 3.53. The van der Waals surface area contributed by atoms with Crippen LogP contribution in [0.15, 0.2) is 38.7 Å². The van der Waals surface area contributed by atoms with E-state index in [1.807, 2.05) is 10.6 Å². The number of carboxylic acids is 1. The van der Waals surface area contributed by atoms with Crippen molar-refractivity contribution in [1.29, 1.82) is 0 Å². The third-order valence-corrected chi connectivity index (χ3v) is 6.51. The van der Waals surface area contributed by atoms with Crippen LogP contribution in [0, 0.1) is 5.82 Å². The first-order chi connectivity index (χ1) is 15.4. The number of carboxylic acid groups (broad SMARTS) is 1. The fourth-order valence-electron chi connectivity index (χ4n) is 4.71. The van der Waals surface area contributed by atoms with Gasteiger partial charge in [0, 0.05) is 17.3 Å². The predicted molar refractivity (Wildman–Crippen MR) is 117 cm³/mol. The average molecular weight is 451 g/mol. The maximum Gasteiger partial charge on any atom is 0.341 e. The minimum absolute atomic E-state index is 0.00673. The van der Waals surface area contributed by atoms with E-state index in [1.54, 1.807) is 13.0 Å². The highest BCUT2D eigenvalue weighted by Crippen LogP contribution is 2.40. The number of aromatic nitrogens is 3. The van der Waals surface area contributed by atoms with Crippen molar-refractivity contribution in [3.63, 3.8) is 0 Å². The molecular weight excluding hydrogens is 435 g/mol. The van der Waals surface area contributed by atoms with Crippen molar-refractivity contribution < 1.29 is 14.3 Å².